The van der Waals surface area contributed by atoms with Gasteiger partial charge in [-0.3, -0.25) is 0 Å². The van der Waals surface area contributed by atoms with Crippen molar-refractivity contribution >= 4 is 57.2 Å². The average molecular weight is 545 g/mol. The molecule has 0 fully saturated rings. The number of hydrogen-bond acceptors (Lipinski definition) is 2. The summed E-state index contributed by atoms with van der Waals surface area (Å²) in [6, 6.07) is 39.2. The van der Waals surface area contributed by atoms with Crippen molar-refractivity contribution in [2.24, 2.45) is 0 Å². The zero-order valence-electron chi connectivity index (χ0n) is 25.5. The predicted octanol–water partition coefficient (Wildman–Crippen LogP) is 8.27. The Morgan fingerprint density at radius 2 is 1.12 bits per heavy atom. The fourth-order valence-corrected chi connectivity index (χ4v) is 7.26. The highest BCUT2D eigenvalue weighted by atomic mass is 15.2. The van der Waals surface area contributed by atoms with E-state index < -0.39 is 0 Å². The van der Waals surface area contributed by atoms with Gasteiger partial charge in [0, 0.05) is 34.1 Å². The van der Waals surface area contributed by atoms with Crippen molar-refractivity contribution in [2.75, 3.05) is 9.80 Å². The third kappa shape index (κ3) is 3.65. The average Bonchev–Trinajstić information content (AvgIpc) is 2.95. The van der Waals surface area contributed by atoms with Gasteiger partial charge in [-0.1, -0.05) is 96.1 Å². The first-order valence-corrected chi connectivity index (χ1v) is 15.3. The molecule has 3 heteroatoms. The number of rotatable bonds is 2. The fourth-order valence-electron chi connectivity index (χ4n) is 7.26. The monoisotopic (exact) mass is 544 g/mol. The van der Waals surface area contributed by atoms with Crippen LogP contribution in [-0.4, -0.2) is 6.71 Å². The maximum absolute atomic E-state index is 2.51. The second-order valence-corrected chi connectivity index (χ2v) is 14.3. The van der Waals surface area contributed by atoms with Gasteiger partial charge in [0.25, 0.3) is 6.71 Å². The van der Waals surface area contributed by atoms with Crippen molar-refractivity contribution in [1.82, 2.24) is 0 Å². The molecule has 42 heavy (non-hydrogen) atoms. The smallest absolute Gasteiger partial charge is 0.252 e. The summed E-state index contributed by atoms with van der Waals surface area (Å²) in [6.45, 7) is 14.0. The predicted molar refractivity (Wildman–Crippen MR) is 181 cm³/mol. The molecule has 0 saturated carbocycles. The number of nitrogens with zero attached hydrogens (tertiary/aromatic N) is 2. The van der Waals surface area contributed by atoms with Crippen LogP contribution in [0.1, 0.15) is 63.8 Å². The summed E-state index contributed by atoms with van der Waals surface area (Å²) in [5.41, 5.74) is 17.7. The summed E-state index contributed by atoms with van der Waals surface area (Å²) in [4.78, 5) is 5.02. The van der Waals surface area contributed by atoms with Gasteiger partial charge in [0.15, 0.2) is 0 Å². The number of anilines is 6. The van der Waals surface area contributed by atoms with Crippen LogP contribution < -0.4 is 26.2 Å². The second-order valence-electron chi connectivity index (χ2n) is 14.3. The Kier molecular flexibility index (Phi) is 5.24. The molecule has 2 bridgehead atoms. The van der Waals surface area contributed by atoms with Crippen LogP contribution in [0.5, 0.6) is 0 Å². The van der Waals surface area contributed by atoms with Crippen LogP contribution >= 0.6 is 0 Å². The van der Waals surface area contributed by atoms with Crippen LogP contribution in [0.2, 0.25) is 0 Å². The molecule has 2 nitrogen and oxygen atoms in total. The van der Waals surface area contributed by atoms with E-state index in [0.717, 1.165) is 6.42 Å². The minimum atomic E-state index is 0.0609. The summed E-state index contributed by atoms with van der Waals surface area (Å²) >= 11 is 0. The Hall–Kier alpha value is -4.24. The highest BCUT2D eigenvalue weighted by Gasteiger charge is 2.45. The van der Waals surface area contributed by atoms with Crippen molar-refractivity contribution in [3.05, 3.63) is 125 Å². The number of para-hydroxylation sites is 1. The van der Waals surface area contributed by atoms with Crippen molar-refractivity contribution < 1.29 is 0 Å². The molecule has 9 rings (SSSR count). The van der Waals surface area contributed by atoms with Gasteiger partial charge in [0.2, 0.25) is 0 Å². The summed E-state index contributed by atoms with van der Waals surface area (Å²) < 4.78 is 0. The Balaban J connectivity index is 1.44. The number of fused-ring (bicyclic) bond motifs is 2. The summed E-state index contributed by atoms with van der Waals surface area (Å²) in [7, 11) is 0. The normalized spacial score (nSPS) is 14.7. The van der Waals surface area contributed by atoms with E-state index >= 15 is 0 Å². The first-order chi connectivity index (χ1) is 20.1. The van der Waals surface area contributed by atoms with E-state index in [0.29, 0.717) is 0 Å². The Labute approximate surface area is 250 Å². The molecule has 0 aromatic heterocycles. The molecule has 0 N–H and O–H groups in total. The third-order valence-electron chi connectivity index (χ3n) is 9.51. The van der Waals surface area contributed by atoms with Gasteiger partial charge in [0.05, 0.1) is 0 Å². The van der Waals surface area contributed by atoms with E-state index in [2.05, 4.69) is 154 Å². The maximum Gasteiger partial charge on any atom is 0.252 e. The highest BCUT2D eigenvalue weighted by Crippen LogP contribution is 2.46. The van der Waals surface area contributed by atoms with Gasteiger partial charge in [-0.05, 0) is 104 Å². The molecule has 0 atom stereocenters. The third-order valence-corrected chi connectivity index (χ3v) is 9.51. The van der Waals surface area contributed by atoms with E-state index in [9.17, 15) is 0 Å². The zero-order valence-corrected chi connectivity index (χ0v) is 25.5. The lowest BCUT2D eigenvalue weighted by Gasteiger charge is -2.46. The van der Waals surface area contributed by atoms with Crippen LogP contribution in [0.3, 0.4) is 0 Å². The van der Waals surface area contributed by atoms with Crippen LogP contribution in [0.25, 0.3) is 0 Å². The van der Waals surface area contributed by atoms with Crippen LogP contribution in [-0.2, 0) is 17.3 Å². The molecule has 4 aliphatic rings. The van der Waals surface area contributed by atoms with Crippen LogP contribution in [0.15, 0.2) is 103 Å². The minimum absolute atomic E-state index is 0.0609. The highest BCUT2D eigenvalue weighted by molar-refractivity contribution is 7.00. The maximum atomic E-state index is 2.51. The van der Waals surface area contributed by atoms with E-state index in [1.165, 1.54) is 72.8 Å². The van der Waals surface area contributed by atoms with Gasteiger partial charge in [0.1, 0.15) is 0 Å². The van der Waals surface area contributed by atoms with Gasteiger partial charge in [-0.2, -0.15) is 0 Å². The van der Waals surface area contributed by atoms with Crippen molar-refractivity contribution in [3.8, 4) is 0 Å². The Morgan fingerprint density at radius 3 is 1.76 bits per heavy atom. The summed E-state index contributed by atoms with van der Waals surface area (Å²) in [5, 5.41) is 0. The lowest BCUT2D eigenvalue weighted by atomic mass is 9.32. The van der Waals surface area contributed by atoms with Gasteiger partial charge in [-0.15, -0.1) is 0 Å². The van der Waals surface area contributed by atoms with Crippen molar-refractivity contribution in [1.29, 1.82) is 0 Å². The van der Waals surface area contributed by atoms with Crippen LogP contribution in [0.4, 0.5) is 34.1 Å². The quantitative estimate of drug-likeness (QED) is 0.202. The SMILES string of the molecule is CC(C)(C)c1ccc(N2c3ccc(C(C)(C)C)cc3B3c4c5cc(cc4N(c4ccccc4)c4cccc2c43)C5)cc1. The molecule has 2 heterocycles. The molecule has 5 aromatic rings. The fraction of sp³-hybridized carbons (Fsp3) is 0.231. The zero-order chi connectivity index (χ0) is 29.0. The van der Waals surface area contributed by atoms with Crippen molar-refractivity contribution in [3.63, 3.8) is 0 Å². The molecule has 206 valence electrons. The molecular weight excluding hydrogens is 507 g/mol. The summed E-state index contributed by atoms with van der Waals surface area (Å²) in [6.07, 6.45) is 1.07. The standard InChI is InChI=1S/C39H37BN2/c1-38(2,3)27-15-18-30(19-16-27)41-32-20-17-28(39(4,5)6)24-31(32)40-36-26-21-25(22-26)23-35(36)42(29-11-8-7-9-12-29)34-14-10-13-33(41)37(34)40/h7-21,23-24H,22H2,1-6H3. The number of hydrogen-bond donors (Lipinski definition) is 0. The number of benzene rings is 5. The van der Waals surface area contributed by atoms with Crippen molar-refractivity contribution in [2.45, 2.75) is 58.8 Å². The molecule has 5 aromatic carbocycles. The minimum Gasteiger partial charge on any atom is -0.311 e. The first kappa shape index (κ1) is 25.5. The molecule has 0 unspecified atom stereocenters. The van der Waals surface area contributed by atoms with E-state index in [4.69, 9.17) is 0 Å². The lowest BCUT2D eigenvalue weighted by Crippen LogP contribution is -2.63. The summed E-state index contributed by atoms with van der Waals surface area (Å²) in [5.74, 6) is 0. The lowest BCUT2D eigenvalue weighted by molar-refractivity contribution is 0.590. The molecule has 2 aliphatic carbocycles. The second kappa shape index (κ2) is 8.64. The molecule has 0 saturated heterocycles. The van der Waals surface area contributed by atoms with Gasteiger partial charge >= 0.3 is 0 Å². The topological polar surface area (TPSA) is 6.48 Å². The Morgan fingerprint density at radius 1 is 0.524 bits per heavy atom. The van der Waals surface area contributed by atoms with Crippen LogP contribution in [0, 0.1) is 0 Å². The molecule has 0 spiro atoms. The van der Waals surface area contributed by atoms with Gasteiger partial charge < -0.3 is 9.80 Å². The molecular formula is C39H37BN2. The largest absolute Gasteiger partial charge is 0.311 e. The molecule has 0 amide bonds. The first-order valence-electron chi connectivity index (χ1n) is 15.3. The van der Waals surface area contributed by atoms with E-state index in [-0.39, 0.29) is 17.5 Å². The van der Waals surface area contributed by atoms with E-state index in [1.807, 2.05) is 0 Å². The van der Waals surface area contributed by atoms with Gasteiger partial charge in [-0.25, -0.2) is 0 Å². The molecule has 2 aliphatic heterocycles. The Bertz CT molecular complexity index is 1870. The van der Waals surface area contributed by atoms with E-state index in [1.54, 1.807) is 0 Å². The molecule has 0 radical (unpaired) electrons.